The molecule has 3 aromatic rings. The molecule has 0 aliphatic carbocycles. The van der Waals surface area contributed by atoms with Crippen LogP contribution in [0.25, 0.3) is 16.5 Å². The number of thiophene rings is 1. The van der Waals surface area contributed by atoms with Crippen molar-refractivity contribution in [3.63, 3.8) is 0 Å². The van der Waals surface area contributed by atoms with Gasteiger partial charge >= 0.3 is 0 Å². The average molecular weight is 451 g/mol. The Hall–Kier alpha value is -2.89. The number of carbonyl (C=O) groups is 2. The number of hydrogen-bond acceptors (Lipinski definition) is 3. The zero-order valence-corrected chi connectivity index (χ0v) is 18.5. The summed E-state index contributed by atoms with van der Waals surface area (Å²) in [6, 6.07) is 21.1. The summed E-state index contributed by atoms with van der Waals surface area (Å²) in [6.45, 7) is 1.27. The van der Waals surface area contributed by atoms with Gasteiger partial charge in [0.1, 0.15) is 0 Å². The lowest BCUT2D eigenvalue weighted by molar-refractivity contribution is -0.126. The molecular weight excluding hydrogens is 428 g/mol. The summed E-state index contributed by atoms with van der Waals surface area (Å²) in [7, 11) is 0. The third-order valence-electron chi connectivity index (χ3n) is 5.33. The van der Waals surface area contributed by atoms with Crippen LogP contribution in [0.4, 0.5) is 0 Å². The molecule has 1 aromatic heterocycles. The number of halogens is 1. The maximum Gasteiger partial charge on any atom is 0.251 e. The largest absolute Gasteiger partial charge is 0.349 e. The summed E-state index contributed by atoms with van der Waals surface area (Å²) in [5.74, 6) is -0.0576. The molecule has 1 aliphatic rings. The highest BCUT2D eigenvalue weighted by molar-refractivity contribution is 7.16. The molecule has 1 N–H and O–H groups in total. The van der Waals surface area contributed by atoms with E-state index < -0.39 is 0 Å². The van der Waals surface area contributed by atoms with Gasteiger partial charge in [-0.2, -0.15) is 0 Å². The second kappa shape index (κ2) is 9.94. The van der Waals surface area contributed by atoms with Gasteiger partial charge in [0.05, 0.1) is 0 Å². The minimum Gasteiger partial charge on any atom is -0.349 e. The van der Waals surface area contributed by atoms with E-state index in [2.05, 4.69) is 5.32 Å². The van der Waals surface area contributed by atoms with Crippen LogP contribution in [-0.2, 0) is 4.79 Å². The maximum atomic E-state index is 12.6. The van der Waals surface area contributed by atoms with Gasteiger partial charge in [-0.15, -0.1) is 11.3 Å². The number of nitrogens with zero attached hydrogens (tertiary/aromatic N) is 1. The number of piperidine rings is 1. The SMILES string of the molecule is O=C(NC1CCN(C(=O)/C=C/c2ccc(-c3ccccc3Cl)s2)CC1)c1ccccc1. The van der Waals surface area contributed by atoms with E-state index in [4.69, 9.17) is 11.6 Å². The van der Waals surface area contributed by atoms with Crippen molar-refractivity contribution in [3.8, 4) is 10.4 Å². The zero-order chi connectivity index (χ0) is 21.6. The number of amides is 2. The van der Waals surface area contributed by atoms with E-state index in [9.17, 15) is 9.59 Å². The molecular formula is C25H23ClN2O2S. The first-order valence-electron chi connectivity index (χ1n) is 10.3. The molecule has 0 saturated carbocycles. The number of carbonyl (C=O) groups excluding carboxylic acids is 2. The van der Waals surface area contributed by atoms with Crippen LogP contribution in [0.3, 0.4) is 0 Å². The molecule has 4 nitrogen and oxygen atoms in total. The van der Waals surface area contributed by atoms with Crippen LogP contribution in [0.5, 0.6) is 0 Å². The first kappa shape index (κ1) is 21.3. The molecule has 2 heterocycles. The highest BCUT2D eigenvalue weighted by Gasteiger charge is 2.23. The number of likely N-dealkylation sites (tertiary alicyclic amines) is 1. The molecule has 2 amide bonds. The second-order valence-corrected chi connectivity index (χ2v) is 8.98. The number of nitrogens with one attached hydrogen (secondary N) is 1. The number of hydrogen-bond donors (Lipinski definition) is 1. The van der Waals surface area contributed by atoms with Crippen LogP contribution in [0.2, 0.25) is 5.02 Å². The van der Waals surface area contributed by atoms with Gasteiger partial charge in [0.25, 0.3) is 5.91 Å². The van der Waals surface area contributed by atoms with Crippen molar-refractivity contribution in [2.24, 2.45) is 0 Å². The lowest BCUT2D eigenvalue weighted by Gasteiger charge is -2.31. The number of rotatable bonds is 5. The molecule has 158 valence electrons. The summed E-state index contributed by atoms with van der Waals surface area (Å²) in [5, 5.41) is 3.79. The quantitative estimate of drug-likeness (QED) is 0.521. The topological polar surface area (TPSA) is 49.4 Å². The van der Waals surface area contributed by atoms with Gasteiger partial charge in [-0.3, -0.25) is 9.59 Å². The second-order valence-electron chi connectivity index (χ2n) is 7.45. The molecule has 31 heavy (non-hydrogen) atoms. The van der Waals surface area contributed by atoms with E-state index in [0.29, 0.717) is 18.7 Å². The predicted octanol–water partition coefficient (Wildman–Crippen LogP) is 5.50. The van der Waals surface area contributed by atoms with Crippen molar-refractivity contribution in [2.75, 3.05) is 13.1 Å². The number of benzene rings is 2. The summed E-state index contributed by atoms with van der Waals surface area (Å²) in [6.07, 6.45) is 5.00. The Morgan fingerprint density at radius 3 is 2.42 bits per heavy atom. The van der Waals surface area contributed by atoms with Gasteiger partial charge in [-0.25, -0.2) is 0 Å². The molecule has 1 aliphatic heterocycles. The van der Waals surface area contributed by atoms with Crippen molar-refractivity contribution in [2.45, 2.75) is 18.9 Å². The first-order chi connectivity index (χ1) is 15.1. The fourth-order valence-corrected chi connectivity index (χ4v) is 4.85. The van der Waals surface area contributed by atoms with Gasteiger partial charge in [0.2, 0.25) is 5.91 Å². The fraction of sp³-hybridized carbons (Fsp3) is 0.200. The van der Waals surface area contributed by atoms with Gasteiger partial charge < -0.3 is 10.2 Å². The predicted molar refractivity (Wildman–Crippen MR) is 127 cm³/mol. The molecule has 0 spiro atoms. The molecule has 0 bridgehead atoms. The molecule has 0 radical (unpaired) electrons. The Balaban J connectivity index is 1.29. The maximum absolute atomic E-state index is 12.6. The van der Waals surface area contributed by atoms with Crippen molar-refractivity contribution in [1.82, 2.24) is 10.2 Å². The summed E-state index contributed by atoms with van der Waals surface area (Å²) < 4.78 is 0. The Bertz CT molecular complexity index is 1090. The molecule has 0 atom stereocenters. The normalized spacial score (nSPS) is 14.7. The zero-order valence-electron chi connectivity index (χ0n) is 17.0. The van der Waals surface area contributed by atoms with E-state index in [1.165, 1.54) is 0 Å². The van der Waals surface area contributed by atoms with Crippen LogP contribution >= 0.6 is 22.9 Å². The van der Waals surface area contributed by atoms with Crippen LogP contribution in [0.15, 0.2) is 72.8 Å². The van der Waals surface area contributed by atoms with Crippen molar-refractivity contribution in [1.29, 1.82) is 0 Å². The Kier molecular flexibility index (Phi) is 6.85. The minimum atomic E-state index is -0.0581. The summed E-state index contributed by atoms with van der Waals surface area (Å²) in [4.78, 5) is 28.8. The van der Waals surface area contributed by atoms with Crippen molar-refractivity contribution < 1.29 is 9.59 Å². The summed E-state index contributed by atoms with van der Waals surface area (Å²) >= 11 is 7.88. The van der Waals surface area contributed by atoms with E-state index in [1.807, 2.05) is 65.6 Å². The lowest BCUT2D eigenvalue weighted by Crippen LogP contribution is -2.46. The Labute approximate surface area is 191 Å². The Morgan fingerprint density at radius 2 is 1.68 bits per heavy atom. The van der Waals surface area contributed by atoms with Crippen molar-refractivity contribution >= 4 is 40.8 Å². The fourth-order valence-electron chi connectivity index (χ4n) is 3.61. The standard InChI is InChI=1S/C25H23ClN2O2S/c26-22-9-5-4-8-21(22)23-12-10-20(31-23)11-13-24(29)28-16-14-19(15-17-28)27-25(30)18-6-2-1-3-7-18/h1-13,19H,14-17H2,(H,27,30)/b13-11+. The van der Waals surface area contributed by atoms with Gasteiger partial charge in [-0.1, -0.05) is 48.0 Å². The first-order valence-corrected chi connectivity index (χ1v) is 11.5. The van der Waals surface area contributed by atoms with E-state index in [0.717, 1.165) is 33.2 Å². The monoisotopic (exact) mass is 450 g/mol. The smallest absolute Gasteiger partial charge is 0.251 e. The highest BCUT2D eigenvalue weighted by Crippen LogP contribution is 2.33. The van der Waals surface area contributed by atoms with Crippen LogP contribution < -0.4 is 5.32 Å². The van der Waals surface area contributed by atoms with Crippen LogP contribution in [0.1, 0.15) is 28.1 Å². The van der Waals surface area contributed by atoms with Crippen molar-refractivity contribution in [3.05, 3.63) is 88.3 Å². The summed E-state index contributed by atoms with van der Waals surface area (Å²) in [5.41, 5.74) is 1.66. The third-order valence-corrected chi connectivity index (χ3v) is 6.75. The average Bonchev–Trinajstić information content (AvgIpc) is 3.27. The van der Waals surface area contributed by atoms with E-state index >= 15 is 0 Å². The molecule has 4 rings (SSSR count). The molecule has 2 aromatic carbocycles. The van der Waals surface area contributed by atoms with E-state index in [1.54, 1.807) is 29.5 Å². The van der Waals surface area contributed by atoms with E-state index in [-0.39, 0.29) is 17.9 Å². The lowest BCUT2D eigenvalue weighted by atomic mass is 10.0. The van der Waals surface area contributed by atoms with Gasteiger partial charge in [0, 0.05) is 51.1 Å². The molecule has 6 heteroatoms. The molecule has 0 unspecified atom stereocenters. The van der Waals surface area contributed by atoms with Crippen LogP contribution in [-0.4, -0.2) is 35.8 Å². The Morgan fingerprint density at radius 1 is 0.968 bits per heavy atom. The van der Waals surface area contributed by atoms with Gasteiger partial charge in [0.15, 0.2) is 0 Å². The van der Waals surface area contributed by atoms with Crippen LogP contribution in [0, 0.1) is 0 Å². The van der Waals surface area contributed by atoms with Gasteiger partial charge in [-0.05, 0) is 49.2 Å². The third kappa shape index (κ3) is 5.43. The molecule has 1 fully saturated rings. The highest BCUT2D eigenvalue weighted by atomic mass is 35.5. The minimum absolute atomic E-state index is 0.000490. The molecule has 1 saturated heterocycles.